The van der Waals surface area contributed by atoms with E-state index in [1.165, 1.54) is 28.9 Å². The van der Waals surface area contributed by atoms with Crippen LogP contribution in [0.1, 0.15) is 16.1 Å². The van der Waals surface area contributed by atoms with E-state index in [9.17, 15) is 14.3 Å². The Kier molecular flexibility index (Phi) is 5.24. The maximum Gasteiger partial charge on any atom is 0.339 e. The normalized spacial score (nSPS) is 10.9. The lowest BCUT2D eigenvalue weighted by molar-refractivity contribution is 0.0280. The molecule has 0 radical (unpaired) electrons. The minimum atomic E-state index is -1.08. The second-order valence-electron chi connectivity index (χ2n) is 4.65. The van der Waals surface area contributed by atoms with E-state index in [0.29, 0.717) is 30.2 Å². The Balaban J connectivity index is 2.32. The van der Waals surface area contributed by atoms with Crippen molar-refractivity contribution in [2.75, 3.05) is 20.3 Å². The van der Waals surface area contributed by atoms with Gasteiger partial charge in [0.15, 0.2) is 0 Å². The van der Waals surface area contributed by atoms with E-state index in [0.717, 1.165) is 0 Å². The van der Waals surface area contributed by atoms with Crippen LogP contribution in [0.25, 0.3) is 11.3 Å². The molecule has 0 bridgehead atoms. The second kappa shape index (κ2) is 7.15. The molecule has 0 saturated heterocycles. The molecule has 6 nitrogen and oxygen atoms in total. The van der Waals surface area contributed by atoms with Gasteiger partial charge in [0.25, 0.3) is 0 Å². The molecule has 0 fully saturated rings. The molecule has 0 unspecified atom stereocenters. The summed E-state index contributed by atoms with van der Waals surface area (Å²) >= 11 is 0. The molecule has 0 amide bonds. The Bertz CT molecular complexity index is 652. The van der Waals surface area contributed by atoms with E-state index in [1.807, 2.05) is 0 Å². The largest absolute Gasteiger partial charge is 0.478 e. The molecule has 0 aliphatic carbocycles. The molecule has 2 rings (SSSR count). The number of carboxylic acid groups (broad SMARTS) is 1. The van der Waals surface area contributed by atoms with Gasteiger partial charge in [-0.2, -0.15) is 5.10 Å². The van der Waals surface area contributed by atoms with Crippen LogP contribution < -0.4 is 0 Å². The number of hydrogen-bond donors (Lipinski definition) is 1. The fourth-order valence-corrected chi connectivity index (χ4v) is 2.03. The Morgan fingerprint density at radius 1 is 1.32 bits per heavy atom. The van der Waals surface area contributed by atoms with Crippen LogP contribution in [0.3, 0.4) is 0 Å². The van der Waals surface area contributed by atoms with Crippen molar-refractivity contribution >= 4 is 5.97 Å². The number of hydrogen-bond acceptors (Lipinski definition) is 4. The van der Waals surface area contributed by atoms with Gasteiger partial charge < -0.3 is 14.6 Å². The summed E-state index contributed by atoms with van der Waals surface area (Å²) in [5.41, 5.74) is 1.39. The van der Waals surface area contributed by atoms with Crippen LogP contribution >= 0.6 is 0 Å². The number of aromatic carboxylic acids is 1. The van der Waals surface area contributed by atoms with Gasteiger partial charge in [-0.3, -0.25) is 0 Å². The van der Waals surface area contributed by atoms with Crippen LogP contribution in [0, 0.1) is 12.7 Å². The molecule has 1 aromatic carbocycles. The molecule has 0 saturated carbocycles. The van der Waals surface area contributed by atoms with Gasteiger partial charge >= 0.3 is 5.97 Å². The number of benzene rings is 1. The first-order valence-electron chi connectivity index (χ1n) is 6.68. The summed E-state index contributed by atoms with van der Waals surface area (Å²) in [6, 6.07) is 5.54. The molecule has 22 heavy (non-hydrogen) atoms. The van der Waals surface area contributed by atoms with E-state index < -0.39 is 5.97 Å². The van der Waals surface area contributed by atoms with Crippen LogP contribution in [0.5, 0.6) is 0 Å². The van der Waals surface area contributed by atoms with Crippen molar-refractivity contribution in [2.24, 2.45) is 0 Å². The first-order chi connectivity index (χ1) is 10.5. The third-order valence-electron chi connectivity index (χ3n) is 3.18. The highest BCUT2D eigenvalue weighted by Crippen LogP contribution is 2.25. The molecular weight excluding hydrogens is 291 g/mol. The fraction of sp³-hybridized carbons (Fsp3) is 0.333. The van der Waals surface area contributed by atoms with Gasteiger partial charge in [-0.05, 0) is 31.2 Å². The monoisotopic (exact) mass is 308 g/mol. The summed E-state index contributed by atoms with van der Waals surface area (Å²) in [4.78, 5) is 11.5. The maximum absolute atomic E-state index is 13.0. The van der Waals surface area contributed by atoms with Crippen LogP contribution in [-0.2, 0) is 16.2 Å². The van der Waals surface area contributed by atoms with E-state index in [4.69, 9.17) is 9.47 Å². The molecule has 0 aliphatic rings. The van der Waals surface area contributed by atoms with Crippen molar-refractivity contribution in [3.63, 3.8) is 0 Å². The number of carboxylic acids is 1. The van der Waals surface area contributed by atoms with Gasteiger partial charge in [0.2, 0.25) is 0 Å². The molecule has 0 spiro atoms. The van der Waals surface area contributed by atoms with Crippen molar-refractivity contribution in [2.45, 2.75) is 13.7 Å². The van der Waals surface area contributed by atoms with Gasteiger partial charge in [-0.1, -0.05) is 0 Å². The zero-order valence-corrected chi connectivity index (χ0v) is 12.4. The Morgan fingerprint density at radius 3 is 2.59 bits per heavy atom. The van der Waals surface area contributed by atoms with Gasteiger partial charge in [0.1, 0.15) is 23.8 Å². The molecule has 1 aromatic heterocycles. The van der Waals surface area contributed by atoms with Crippen molar-refractivity contribution < 1.29 is 23.8 Å². The van der Waals surface area contributed by atoms with Crippen molar-refractivity contribution in [3.05, 3.63) is 41.3 Å². The topological polar surface area (TPSA) is 73.6 Å². The van der Waals surface area contributed by atoms with Gasteiger partial charge in [-0.15, -0.1) is 0 Å². The SMILES string of the molecule is COCCOCn1nc(-c2ccc(F)cc2)c(C(=O)O)c1C. The van der Waals surface area contributed by atoms with Crippen LogP contribution in [0.15, 0.2) is 24.3 Å². The van der Waals surface area contributed by atoms with Gasteiger partial charge in [0.05, 0.1) is 18.9 Å². The highest BCUT2D eigenvalue weighted by Gasteiger charge is 2.21. The van der Waals surface area contributed by atoms with Crippen LogP contribution in [0.4, 0.5) is 4.39 Å². The molecule has 7 heteroatoms. The zero-order chi connectivity index (χ0) is 16.1. The summed E-state index contributed by atoms with van der Waals surface area (Å²) in [7, 11) is 1.57. The van der Waals surface area contributed by atoms with E-state index >= 15 is 0 Å². The smallest absolute Gasteiger partial charge is 0.339 e. The van der Waals surface area contributed by atoms with Crippen LogP contribution in [-0.4, -0.2) is 41.2 Å². The number of carbonyl (C=O) groups is 1. The second-order valence-corrected chi connectivity index (χ2v) is 4.65. The Morgan fingerprint density at radius 2 is 2.00 bits per heavy atom. The molecule has 2 aromatic rings. The third-order valence-corrected chi connectivity index (χ3v) is 3.18. The standard InChI is InChI=1S/C15H17FN2O4/c1-10-13(15(19)20)14(11-3-5-12(16)6-4-11)17-18(10)9-22-8-7-21-2/h3-6H,7-9H2,1-2H3,(H,19,20). The Hall–Kier alpha value is -2.25. The minimum absolute atomic E-state index is 0.0851. The van der Waals surface area contributed by atoms with Crippen LogP contribution in [0.2, 0.25) is 0 Å². The molecule has 1 heterocycles. The number of methoxy groups -OCH3 is 1. The van der Waals surface area contributed by atoms with Crippen molar-refractivity contribution in [3.8, 4) is 11.3 Å². The lowest BCUT2D eigenvalue weighted by Crippen LogP contribution is -2.10. The highest BCUT2D eigenvalue weighted by atomic mass is 19.1. The fourth-order valence-electron chi connectivity index (χ4n) is 2.03. The third kappa shape index (κ3) is 3.49. The summed E-state index contributed by atoms with van der Waals surface area (Å²) in [6.45, 7) is 2.60. The molecular formula is C15H17FN2O4. The summed E-state index contributed by atoms with van der Waals surface area (Å²) in [6.07, 6.45) is 0. The molecule has 0 atom stereocenters. The Labute approximate surface area is 127 Å². The zero-order valence-electron chi connectivity index (χ0n) is 12.4. The number of rotatable bonds is 7. The molecule has 118 valence electrons. The number of nitrogens with zero attached hydrogens (tertiary/aromatic N) is 2. The maximum atomic E-state index is 13.0. The lowest BCUT2D eigenvalue weighted by Gasteiger charge is -2.05. The average molecular weight is 308 g/mol. The number of halogens is 1. The summed E-state index contributed by atoms with van der Waals surface area (Å²) in [5.74, 6) is -1.47. The van der Waals surface area contributed by atoms with Gasteiger partial charge in [0, 0.05) is 12.7 Å². The predicted octanol–water partition coefficient (Wildman–Crippen LogP) is 2.32. The van der Waals surface area contributed by atoms with Gasteiger partial charge in [-0.25, -0.2) is 13.9 Å². The van der Waals surface area contributed by atoms with E-state index in [2.05, 4.69) is 5.10 Å². The summed E-state index contributed by atoms with van der Waals surface area (Å²) < 4.78 is 24.7. The minimum Gasteiger partial charge on any atom is -0.478 e. The molecule has 1 N–H and O–H groups in total. The number of ether oxygens (including phenoxy) is 2. The predicted molar refractivity (Wildman–Crippen MR) is 77.1 cm³/mol. The van der Waals surface area contributed by atoms with Crippen molar-refractivity contribution in [1.29, 1.82) is 0 Å². The quantitative estimate of drug-likeness (QED) is 0.795. The van der Waals surface area contributed by atoms with E-state index in [-0.39, 0.29) is 18.1 Å². The van der Waals surface area contributed by atoms with E-state index in [1.54, 1.807) is 14.0 Å². The van der Waals surface area contributed by atoms with Crippen molar-refractivity contribution in [1.82, 2.24) is 9.78 Å². The number of aromatic nitrogens is 2. The first-order valence-corrected chi connectivity index (χ1v) is 6.68. The molecule has 0 aliphatic heterocycles. The highest BCUT2D eigenvalue weighted by molar-refractivity contribution is 5.96. The lowest BCUT2D eigenvalue weighted by atomic mass is 10.1. The summed E-state index contributed by atoms with van der Waals surface area (Å²) in [5, 5.41) is 13.7. The average Bonchev–Trinajstić information content (AvgIpc) is 2.81. The first kappa shape index (κ1) is 16.1.